The number of rotatable bonds is 7. The molecule has 1 aromatic heterocycles. The molecule has 1 atom stereocenters. The number of methoxy groups -OCH3 is 1. The Kier molecular flexibility index (Phi) is 4.84. The number of nitrogens with one attached hydrogen (secondary N) is 2. The lowest BCUT2D eigenvalue weighted by Gasteiger charge is -2.27. The van der Waals surface area contributed by atoms with Crippen LogP contribution in [0, 0.1) is 0 Å². The zero-order valence-corrected chi connectivity index (χ0v) is 13.0. The smallest absolute Gasteiger partial charge is 0.0637 e. The number of fused-ring (bicyclic) bond motifs is 1. The second kappa shape index (κ2) is 6.42. The summed E-state index contributed by atoms with van der Waals surface area (Å²) in [6.45, 7) is 7.47. The first kappa shape index (κ1) is 15.1. The number of hydrogen-bond acceptors (Lipinski definition) is 2. The Morgan fingerprint density at radius 2 is 2.05 bits per heavy atom. The van der Waals surface area contributed by atoms with Gasteiger partial charge in [-0.1, -0.05) is 18.2 Å². The van der Waals surface area contributed by atoms with E-state index in [1.165, 1.54) is 16.5 Å². The van der Waals surface area contributed by atoms with Crippen molar-refractivity contribution in [1.82, 2.24) is 10.3 Å². The maximum atomic E-state index is 5.47. The number of benzene rings is 1. The predicted molar refractivity (Wildman–Crippen MR) is 85.2 cm³/mol. The van der Waals surface area contributed by atoms with Crippen LogP contribution in [0.5, 0.6) is 0 Å². The first-order valence-electron chi connectivity index (χ1n) is 7.35. The van der Waals surface area contributed by atoms with E-state index in [0.717, 1.165) is 19.4 Å². The summed E-state index contributed by atoms with van der Waals surface area (Å²) in [5.41, 5.74) is 2.54. The van der Waals surface area contributed by atoms with Gasteiger partial charge < -0.3 is 15.0 Å². The molecule has 0 bridgehead atoms. The highest BCUT2D eigenvalue weighted by Crippen LogP contribution is 2.18. The van der Waals surface area contributed by atoms with Crippen LogP contribution in [0.25, 0.3) is 10.9 Å². The third-order valence-electron chi connectivity index (χ3n) is 3.91. The molecular weight excluding hydrogens is 248 g/mol. The van der Waals surface area contributed by atoms with Crippen molar-refractivity contribution in [1.29, 1.82) is 0 Å². The van der Waals surface area contributed by atoms with E-state index >= 15 is 0 Å². The summed E-state index contributed by atoms with van der Waals surface area (Å²) in [6, 6.07) is 8.91. The van der Waals surface area contributed by atoms with Crippen LogP contribution in [0.4, 0.5) is 0 Å². The number of H-pyrrole nitrogens is 1. The van der Waals surface area contributed by atoms with Crippen LogP contribution in [0.15, 0.2) is 30.5 Å². The molecule has 2 aromatic rings. The fraction of sp³-hybridized carbons (Fsp3) is 0.529. The summed E-state index contributed by atoms with van der Waals surface area (Å²) in [4.78, 5) is 3.33. The van der Waals surface area contributed by atoms with Gasteiger partial charge in [-0.05, 0) is 51.8 Å². The summed E-state index contributed by atoms with van der Waals surface area (Å²) >= 11 is 0. The molecule has 110 valence electrons. The largest absolute Gasteiger partial charge is 0.379 e. The standard InChI is InChI=1S/C17H26N2O/c1-13(11-17(2,3)20-4)18-10-9-14-12-19-16-8-6-5-7-15(14)16/h5-8,12-13,18-19H,9-11H2,1-4H3. The molecule has 3 heteroatoms. The molecule has 0 saturated carbocycles. The highest BCUT2D eigenvalue weighted by atomic mass is 16.5. The van der Waals surface area contributed by atoms with E-state index in [-0.39, 0.29) is 5.60 Å². The summed E-state index contributed by atoms with van der Waals surface area (Å²) in [5, 5.41) is 4.91. The zero-order valence-electron chi connectivity index (χ0n) is 13.0. The second-order valence-electron chi connectivity index (χ2n) is 6.13. The molecule has 0 aliphatic heterocycles. The first-order valence-corrected chi connectivity index (χ1v) is 7.35. The lowest BCUT2D eigenvalue weighted by molar-refractivity contribution is 0.00865. The Hall–Kier alpha value is -1.32. The van der Waals surface area contributed by atoms with Crippen LogP contribution in [-0.4, -0.2) is 30.3 Å². The molecule has 20 heavy (non-hydrogen) atoms. The molecule has 0 fully saturated rings. The Morgan fingerprint density at radius 3 is 2.80 bits per heavy atom. The van der Waals surface area contributed by atoms with E-state index in [1.54, 1.807) is 7.11 Å². The SMILES string of the molecule is COC(C)(C)CC(C)NCCc1c[nH]c2ccccc12. The van der Waals surface area contributed by atoms with Gasteiger partial charge in [0.25, 0.3) is 0 Å². The Balaban J connectivity index is 1.84. The van der Waals surface area contributed by atoms with Gasteiger partial charge in [0.1, 0.15) is 0 Å². The Morgan fingerprint density at radius 1 is 1.30 bits per heavy atom. The van der Waals surface area contributed by atoms with Crippen LogP contribution in [-0.2, 0) is 11.2 Å². The predicted octanol–water partition coefficient (Wildman–Crippen LogP) is 3.50. The molecule has 0 aliphatic carbocycles. The van der Waals surface area contributed by atoms with Crippen molar-refractivity contribution in [2.24, 2.45) is 0 Å². The topological polar surface area (TPSA) is 37.0 Å². The average molecular weight is 274 g/mol. The third kappa shape index (κ3) is 3.84. The van der Waals surface area contributed by atoms with Gasteiger partial charge in [-0.2, -0.15) is 0 Å². The monoisotopic (exact) mass is 274 g/mol. The van der Waals surface area contributed by atoms with Crippen LogP contribution in [0.1, 0.15) is 32.8 Å². The molecule has 0 spiro atoms. The van der Waals surface area contributed by atoms with Crippen molar-refractivity contribution < 1.29 is 4.74 Å². The Labute approximate surface area is 121 Å². The molecule has 0 aliphatic rings. The molecule has 0 amide bonds. The van der Waals surface area contributed by atoms with E-state index in [2.05, 4.69) is 61.5 Å². The minimum atomic E-state index is -0.0623. The number of ether oxygens (including phenoxy) is 1. The number of aromatic amines is 1. The number of para-hydroxylation sites is 1. The highest BCUT2D eigenvalue weighted by Gasteiger charge is 2.19. The van der Waals surface area contributed by atoms with Crippen LogP contribution < -0.4 is 5.32 Å². The Bertz CT molecular complexity index is 545. The first-order chi connectivity index (χ1) is 9.52. The molecular formula is C17H26N2O. The van der Waals surface area contributed by atoms with Gasteiger partial charge >= 0.3 is 0 Å². The quantitative estimate of drug-likeness (QED) is 0.811. The molecule has 2 rings (SSSR count). The van der Waals surface area contributed by atoms with E-state index in [0.29, 0.717) is 6.04 Å². The molecule has 3 nitrogen and oxygen atoms in total. The lowest BCUT2D eigenvalue weighted by Crippen LogP contribution is -2.36. The maximum Gasteiger partial charge on any atom is 0.0637 e. The summed E-state index contributed by atoms with van der Waals surface area (Å²) < 4.78 is 5.47. The molecule has 0 saturated heterocycles. The zero-order chi connectivity index (χ0) is 14.6. The van der Waals surface area contributed by atoms with Crippen LogP contribution in [0.2, 0.25) is 0 Å². The average Bonchev–Trinajstić information content (AvgIpc) is 2.82. The van der Waals surface area contributed by atoms with Gasteiger partial charge in [-0.25, -0.2) is 0 Å². The molecule has 1 heterocycles. The summed E-state index contributed by atoms with van der Waals surface area (Å²) in [5.74, 6) is 0. The van der Waals surface area contributed by atoms with Gasteiger partial charge in [-0.3, -0.25) is 0 Å². The molecule has 1 aromatic carbocycles. The van der Waals surface area contributed by atoms with Crippen molar-refractivity contribution in [2.45, 2.75) is 45.3 Å². The van der Waals surface area contributed by atoms with E-state index in [4.69, 9.17) is 4.74 Å². The van der Waals surface area contributed by atoms with Crippen molar-refractivity contribution in [3.05, 3.63) is 36.0 Å². The third-order valence-corrected chi connectivity index (χ3v) is 3.91. The summed E-state index contributed by atoms with van der Waals surface area (Å²) in [7, 11) is 1.78. The normalized spacial score (nSPS) is 13.8. The maximum absolute atomic E-state index is 5.47. The second-order valence-corrected chi connectivity index (χ2v) is 6.13. The lowest BCUT2D eigenvalue weighted by atomic mass is 10.00. The van der Waals surface area contributed by atoms with Gasteiger partial charge in [0.05, 0.1) is 5.60 Å². The van der Waals surface area contributed by atoms with Gasteiger partial charge in [0, 0.05) is 30.3 Å². The van der Waals surface area contributed by atoms with Gasteiger partial charge in [0.2, 0.25) is 0 Å². The van der Waals surface area contributed by atoms with Crippen LogP contribution in [0.3, 0.4) is 0 Å². The molecule has 0 radical (unpaired) electrons. The number of hydrogen-bond donors (Lipinski definition) is 2. The minimum Gasteiger partial charge on any atom is -0.379 e. The minimum absolute atomic E-state index is 0.0623. The van der Waals surface area contributed by atoms with Crippen molar-refractivity contribution in [2.75, 3.05) is 13.7 Å². The van der Waals surface area contributed by atoms with E-state index in [1.807, 2.05) is 0 Å². The molecule has 1 unspecified atom stereocenters. The highest BCUT2D eigenvalue weighted by molar-refractivity contribution is 5.83. The van der Waals surface area contributed by atoms with Crippen molar-refractivity contribution in [3.63, 3.8) is 0 Å². The van der Waals surface area contributed by atoms with E-state index < -0.39 is 0 Å². The summed E-state index contributed by atoms with van der Waals surface area (Å²) in [6.07, 6.45) is 4.18. The van der Waals surface area contributed by atoms with E-state index in [9.17, 15) is 0 Å². The number of aromatic nitrogens is 1. The van der Waals surface area contributed by atoms with Crippen LogP contribution >= 0.6 is 0 Å². The van der Waals surface area contributed by atoms with Gasteiger partial charge in [-0.15, -0.1) is 0 Å². The van der Waals surface area contributed by atoms with Gasteiger partial charge in [0.15, 0.2) is 0 Å². The molecule has 2 N–H and O–H groups in total. The van der Waals surface area contributed by atoms with Crippen molar-refractivity contribution >= 4 is 10.9 Å². The fourth-order valence-corrected chi connectivity index (χ4v) is 2.68. The fourth-order valence-electron chi connectivity index (χ4n) is 2.68. The van der Waals surface area contributed by atoms with Crippen molar-refractivity contribution in [3.8, 4) is 0 Å².